The van der Waals surface area contributed by atoms with Crippen LogP contribution in [0.4, 0.5) is 0 Å². The molecule has 0 amide bonds. The minimum atomic E-state index is 0.634. The van der Waals surface area contributed by atoms with E-state index in [0.29, 0.717) is 5.92 Å². The van der Waals surface area contributed by atoms with Crippen LogP contribution in [0, 0.1) is 0 Å². The van der Waals surface area contributed by atoms with E-state index in [9.17, 15) is 0 Å². The number of benzene rings is 1. The van der Waals surface area contributed by atoms with E-state index in [1.165, 1.54) is 44.1 Å². The molecule has 1 fully saturated rings. The molecule has 1 aliphatic rings. The highest BCUT2D eigenvalue weighted by atomic mass is 35.5. The molecule has 1 aliphatic carbocycles. The van der Waals surface area contributed by atoms with Crippen LogP contribution in [-0.2, 0) is 0 Å². The summed E-state index contributed by atoms with van der Waals surface area (Å²) < 4.78 is 6.04. The lowest BCUT2D eigenvalue weighted by atomic mass is 9.84. The summed E-state index contributed by atoms with van der Waals surface area (Å²) in [5.41, 5.74) is 1.33. The minimum absolute atomic E-state index is 0.634. The summed E-state index contributed by atoms with van der Waals surface area (Å²) >= 11 is 6.19. The normalized spacial score (nSPS) is 16.1. The van der Waals surface area contributed by atoms with Crippen LogP contribution < -0.4 is 10.1 Å². The van der Waals surface area contributed by atoms with Gasteiger partial charge in [-0.05, 0) is 68.5 Å². The second kappa shape index (κ2) is 9.32. The van der Waals surface area contributed by atoms with Crippen molar-refractivity contribution in [2.75, 3.05) is 19.7 Å². The van der Waals surface area contributed by atoms with Crippen molar-refractivity contribution in [1.82, 2.24) is 5.32 Å². The Morgan fingerprint density at radius 3 is 2.76 bits per heavy atom. The van der Waals surface area contributed by atoms with Crippen LogP contribution in [0.25, 0.3) is 0 Å². The Labute approximate surface area is 134 Å². The molecule has 0 aromatic heterocycles. The van der Waals surface area contributed by atoms with Crippen molar-refractivity contribution in [3.05, 3.63) is 28.8 Å². The monoisotopic (exact) mass is 309 g/mol. The Morgan fingerprint density at radius 2 is 2.00 bits per heavy atom. The van der Waals surface area contributed by atoms with Crippen molar-refractivity contribution < 1.29 is 4.74 Å². The molecule has 0 bridgehead atoms. The van der Waals surface area contributed by atoms with Gasteiger partial charge in [0, 0.05) is 5.02 Å². The predicted molar refractivity (Wildman–Crippen MR) is 90.6 cm³/mol. The summed E-state index contributed by atoms with van der Waals surface area (Å²) in [4.78, 5) is 0. The van der Waals surface area contributed by atoms with Crippen LogP contribution >= 0.6 is 11.6 Å². The Morgan fingerprint density at radius 1 is 1.19 bits per heavy atom. The zero-order valence-corrected chi connectivity index (χ0v) is 13.9. The molecule has 1 aromatic carbocycles. The summed E-state index contributed by atoms with van der Waals surface area (Å²) in [5, 5.41) is 4.17. The van der Waals surface area contributed by atoms with E-state index in [-0.39, 0.29) is 0 Å². The van der Waals surface area contributed by atoms with Gasteiger partial charge in [0.2, 0.25) is 0 Å². The number of ether oxygens (including phenoxy) is 1. The van der Waals surface area contributed by atoms with Gasteiger partial charge in [-0.2, -0.15) is 0 Å². The van der Waals surface area contributed by atoms with Gasteiger partial charge in [0.15, 0.2) is 0 Å². The average Bonchev–Trinajstić information content (AvgIpc) is 2.53. The molecule has 0 radical (unpaired) electrons. The number of nitrogens with one attached hydrogen (secondary N) is 1. The van der Waals surface area contributed by atoms with Crippen LogP contribution in [0.5, 0.6) is 5.75 Å². The fraction of sp³-hybridized carbons (Fsp3) is 0.667. The first-order valence-corrected chi connectivity index (χ1v) is 8.82. The molecule has 0 saturated heterocycles. The smallest absolute Gasteiger partial charge is 0.122 e. The Balaban J connectivity index is 1.88. The van der Waals surface area contributed by atoms with Crippen molar-refractivity contribution in [2.45, 2.75) is 57.8 Å². The molecule has 0 unspecified atom stereocenters. The standard InChI is InChI=1S/C18H28ClNO/c1-2-20-12-6-7-13-21-18-11-10-16(19)14-17(18)15-8-4-3-5-9-15/h10-11,14-15,20H,2-9,12-13H2,1H3. The second-order valence-corrected chi connectivity index (χ2v) is 6.36. The van der Waals surface area contributed by atoms with Crippen molar-refractivity contribution in [2.24, 2.45) is 0 Å². The van der Waals surface area contributed by atoms with E-state index in [2.05, 4.69) is 24.4 Å². The van der Waals surface area contributed by atoms with Gasteiger partial charge < -0.3 is 10.1 Å². The van der Waals surface area contributed by atoms with Gasteiger partial charge in [0.1, 0.15) is 5.75 Å². The molecular weight excluding hydrogens is 282 g/mol. The number of unbranched alkanes of at least 4 members (excludes halogenated alkanes) is 1. The molecule has 0 spiro atoms. The SMILES string of the molecule is CCNCCCCOc1ccc(Cl)cc1C1CCCCC1. The van der Waals surface area contributed by atoms with Gasteiger partial charge in [-0.1, -0.05) is 37.8 Å². The molecule has 2 rings (SSSR count). The lowest BCUT2D eigenvalue weighted by molar-refractivity contribution is 0.297. The maximum atomic E-state index is 6.19. The van der Waals surface area contributed by atoms with Crippen molar-refractivity contribution >= 4 is 11.6 Å². The molecule has 2 nitrogen and oxygen atoms in total. The fourth-order valence-electron chi connectivity index (χ4n) is 3.09. The molecule has 1 aromatic rings. The molecule has 0 heterocycles. The zero-order valence-electron chi connectivity index (χ0n) is 13.2. The first-order valence-electron chi connectivity index (χ1n) is 8.44. The summed E-state index contributed by atoms with van der Waals surface area (Å²) in [6.45, 7) is 5.06. The highest BCUT2D eigenvalue weighted by molar-refractivity contribution is 6.30. The maximum Gasteiger partial charge on any atom is 0.122 e. The van der Waals surface area contributed by atoms with Gasteiger partial charge in [-0.3, -0.25) is 0 Å². The molecule has 118 valence electrons. The Hall–Kier alpha value is -0.730. The van der Waals surface area contributed by atoms with Crippen LogP contribution in [0.1, 0.15) is 63.4 Å². The van der Waals surface area contributed by atoms with Crippen molar-refractivity contribution in [3.8, 4) is 5.75 Å². The molecular formula is C18H28ClNO. The van der Waals surface area contributed by atoms with Gasteiger partial charge >= 0.3 is 0 Å². The fourth-order valence-corrected chi connectivity index (χ4v) is 3.27. The molecule has 0 aliphatic heterocycles. The topological polar surface area (TPSA) is 21.3 Å². The quantitative estimate of drug-likeness (QED) is 0.670. The average molecular weight is 310 g/mol. The molecule has 1 saturated carbocycles. The summed E-state index contributed by atoms with van der Waals surface area (Å²) in [5.74, 6) is 1.68. The number of hydrogen-bond donors (Lipinski definition) is 1. The van der Waals surface area contributed by atoms with Gasteiger partial charge in [-0.15, -0.1) is 0 Å². The summed E-state index contributed by atoms with van der Waals surface area (Å²) in [7, 11) is 0. The van der Waals surface area contributed by atoms with E-state index in [1.54, 1.807) is 0 Å². The predicted octanol–water partition coefficient (Wildman–Crippen LogP) is 5.16. The van der Waals surface area contributed by atoms with Gasteiger partial charge in [0.05, 0.1) is 6.61 Å². The Kier molecular flexibility index (Phi) is 7.38. The van der Waals surface area contributed by atoms with E-state index in [0.717, 1.165) is 36.9 Å². The van der Waals surface area contributed by atoms with E-state index in [4.69, 9.17) is 16.3 Å². The first kappa shape index (κ1) is 16.6. The third kappa shape index (κ3) is 5.52. The lowest BCUT2D eigenvalue weighted by Gasteiger charge is -2.24. The number of rotatable bonds is 8. The third-order valence-electron chi connectivity index (χ3n) is 4.27. The third-order valence-corrected chi connectivity index (χ3v) is 4.51. The Bertz CT molecular complexity index is 416. The van der Waals surface area contributed by atoms with E-state index >= 15 is 0 Å². The minimum Gasteiger partial charge on any atom is -0.493 e. The largest absolute Gasteiger partial charge is 0.493 e. The van der Waals surface area contributed by atoms with Gasteiger partial charge in [-0.25, -0.2) is 0 Å². The van der Waals surface area contributed by atoms with Gasteiger partial charge in [0.25, 0.3) is 0 Å². The first-order chi connectivity index (χ1) is 10.3. The van der Waals surface area contributed by atoms with Crippen LogP contribution in [0.2, 0.25) is 5.02 Å². The summed E-state index contributed by atoms with van der Waals surface area (Å²) in [6.07, 6.45) is 8.85. The van der Waals surface area contributed by atoms with Crippen molar-refractivity contribution in [3.63, 3.8) is 0 Å². The molecule has 21 heavy (non-hydrogen) atoms. The summed E-state index contributed by atoms with van der Waals surface area (Å²) in [6, 6.07) is 6.12. The number of halogens is 1. The highest BCUT2D eigenvalue weighted by Gasteiger charge is 2.19. The number of hydrogen-bond acceptors (Lipinski definition) is 2. The lowest BCUT2D eigenvalue weighted by Crippen LogP contribution is -2.15. The maximum absolute atomic E-state index is 6.19. The highest BCUT2D eigenvalue weighted by Crippen LogP contribution is 2.38. The second-order valence-electron chi connectivity index (χ2n) is 5.93. The van der Waals surface area contributed by atoms with Crippen LogP contribution in [0.15, 0.2) is 18.2 Å². The van der Waals surface area contributed by atoms with Crippen LogP contribution in [0.3, 0.4) is 0 Å². The molecule has 1 N–H and O–H groups in total. The zero-order chi connectivity index (χ0) is 14.9. The van der Waals surface area contributed by atoms with E-state index < -0.39 is 0 Å². The molecule has 0 atom stereocenters. The van der Waals surface area contributed by atoms with Crippen LogP contribution in [-0.4, -0.2) is 19.7 Å². The van der Waals surface area contributed by atoms with Crippen molar-refractivity contribution in [1.29, 1.82) is 0 Å². The van der Waals surface area contributed by atoms with E-state index in [1.807, 2.05) is 6.07 Å². The molecule has 3 heteroatoms.